The predicted octanol–water partition coefficient (Wildman–Crippen LogP) is 3.54. The molecule has 1 aliphatic carbocycles. The first-order valence-electron chi connectivity index (χ1n) is 11.4. The van der Waals surface area contributed by atoms with Gasteiger partial charge in [-0.1, -0.05) is 62.4 Å². The molecule has 0 fully saturated rings. The van der Waals surface area contributed by atoms with Crippen molar-refractivity contribution in [3.63, 3.8) is 0 Å². The molecule has 0 saturated heterocycles. The Balaban J connectivity index is 1.68. The van der Waals surface area contributed by atoms with E-state index < -0.39 is 36.2 Å². The van der Waals surface area contributed by atoms with Crippen molar-refractivity contribution in [3.05, 3.63) is 59.7 Å². The number of rotatable bonds is 10. The lowest BCUT2D eigenvalue weighted by molar-refractivity contribution is -0.138. The smallest absolute Gasteiger partial charge is 0.407 e. The van der Waals surface area contributed by atoms with Gasteiger partial charge in [-0.2, -0.15) is 0 Å². The Bertz CT molecular complexity index is 992. The highest BCUT2D eigenvalue weighted by atomic mass is 16.5. The zero-order valence-electron chi connectivity index (χ0n) is 19.9. The van der Waals surface area contributed by atoms with Crippen LogP contribution in [0.2, 0.25) is 0 Å². The Morgan fingerprint density at radius 1 is 0.941 bits per heavy atom. The maximum absolute atomic E-state index is 12.9. The fourth-order valence-electron chi connectivity index (χ4n) is 4.21. The lowest BCUT2D eigenvalue weighted by Gasteiger charge is -2.27. The third kappa shape index (κ3) is 5.75. The van der Waals surface area contributed by atoms with E-state index >= 15 is 0 Å². The second-order valence-corrected chi connectivity index (χ2v) is 8.85. The van der Waals surface area contributed by atoms with E-state index in [1.54, 1.807) is 6.92 Å². The number of hydrogen-bond donors (Lipinski definition) is 3. The van der Waals surface area contributed by atoms with Crippen LogP contribution in [-0.2, 0) is 19.1 Å². The van der Waals surface area contributed by atoms with Crippen LogP contribution in [0.4, 0.5) is 4.79 Å². The van der Waals surface area contributed by atoms with Crippen molar-refractivity contribution in [1.29, 1.82) is 0 Å². The molecular weight excluding hydrogens is 436 g/mol. The SMILES string of the molecule is COC(C)C(NC(=O)OCC1c2ccccc2-c2ccccc21)C(=O)N[C@H](CC(=O)O)C(C)C. The summed E-state index contributed by atoms with van der Waals surface area (Å²) in [5.41, 5.74) is 4.42. The van der Waals surface area contributed by atoms with Crippen LogP contribution in [0.5, 0.6) is 0 Å². The van der Waals surface area contributed by atoms with Gasteiger partial charge in [-0.3, -0.25) is 9.59 Å². The summed E-state index contributed by atoms with van der Waals surface area (Å²) in [6, 6.07) is 14.4. The Labute approximate surface area is 199 Å². The molecule has 2 aromatic carbocycles. The first-order chi connectivity index (χ1) is 16.2. The Morgan fingerprint density at radius 2 is 1.50 bits per heavy atom. The van der Waals surface area contributed by atoms with Gasteiger partial charge in [0.1, 0.15) is 12.6 Å². The van der Waals surface area contributed by atoms with Crippen molar-refractivity contribution >= 4 is 18.0 Å². The summed E-state index contributed by atoms with van der Waals surface area (Å²) >= 11 is 0. The summed E-state index contributed by atoms with van der Waals surface area (Å²) in [5.74, 6) is -1.75. The standard InChI is InChI=1S/C26H32N2O6/c1-15(2)22(13-23(29)30)27-25(31)24(16(3)33-4)28-26(32)34-14-21-19-11-7-5-9-17(19)18-10-6-8-12-20(18)21/h5-12,15-16,21-22,24H,13-14H2,1-4H3,(H,27,31)(H,28,32)(H,29,30)/t16?,22-,24?/m1/s1. The zero-order valence-corrected chi connectivity index (χ0v) is 19.9. The highest BCUT2D eigenvalue weighted by Crippen LogP contribution is 2.44. The van der Waals surface area contributed by atoms with E-state index in [1.165, 1.54) is 7.11 Å². The molecule has 2 amide bonds. The number of aliphatic carboxylic acids is 1. The molecule has 0 aliphatic heterocycles. The quantitative estimate of drug-likeness (QED) is 0.491. The molecule has 3 rings (SSSR count). The van der Waals surface area contributed by atoms with Crippen LogP contribution in [0.3, 0.4) is 0 Å². The average Bonchev–Trinajstić information content (AvgIpc) is 3.13. The molecule has 2 aromatic rings. The predicted molar refractivity (Wildman–Crippen MR) is 127 cm³/mol. The lowest BCUT2D eigenvalue weighted by atomic mass is 9.98. The molecule has 0 bridgehead atoms. The van der Waals surface area contributed by atoms with E-state index in [0.717, 1.165) is 22.3 Å². The topological polar surface area (TPSA) is 114 Å². The molecule has 3 N–H and O–H groups in total. The monoisotopic (exact) mass is 468 g/mol. The second-order valence-electron chi connectivity index (χ2n) is 8.85. The summed E-state index contributed by atoms with van der Waals surface area (Å²) < 4.78 is 10.8. The fourth-order valence-corrected chi connectivity index (χ4v) is 4.21. The molecule has 0 saturated carbocycles. The van der Waals surface area contributed by atoms with Crippen LogP contribution in [0, 0.1) is 5.92 Å². The van der Waals surface area contributed by atoms with Crippen molar-refractivity contribution in [2.24, 2.45) is 5.92 Å². The highest BCUT2D eigenvalue weighted by molar-refractivity contribution is 5.87. The molecule has 0 aromatic heterocycles. The van der Waals surface area contributed by atoms with Gasteiger partial charge >= 0.3 is 12.1 Å². The molecule has 8 heteroatoms. The summed E-state index contributed by atoms with van der Waals surface area (Å²) in [7, 11) is 1.43. The van der Waals surface area contributed by atoms with Crippen molar-refractivity contribution in [2.45, 2.75) is 51.3 Å². The first-order valence-corrected chi connectivity index (χ1v) is 11.4. The van der Waals surface area contributed by atoms with E-state index in [-0.39, 0.29) is 24.9 Å². The molecular formula is C26H32N2O6. The van der Waals surface area contributed by atoms with E-state index in [9.17, 15) is 14.4 Å². The summed E-state index contributed by atoms with van der Waals surface area (Å²) in [5, 5.41) is 14.4. The maximum Gasteiger partial charge on any atom is 0.407 e. The number of methoxy groups -OCH3 is 1. The van der Waals surface area contributed by atoms with Crippen LogP contribution in [0.15, 0.2) is 48.5 Å². The van der Waals surface area contributed by atoms with Gasteiger partial charge in [-0.15, -0.1) is 0 Å². The molecule has 2 unspecified atom stereocenters. The number of carbonyl (C=O) groups excluding carboxylic acids is 2. The average molecular weight is 469 g/mol. The van der Waals surface area contributed by atoms with E-state index in [4.69, 9.17) is 14.6 Å². The molecule has 0 spiro atoms. The van der Waals surface area contributed by atoms with Gasteiger partial charge in [0, 0.05) is 19.1 Å². The van der Waals surface area contributed by atoms with Gasteiger partial charge in [-0.05, 0) is 35.1 Å². The molecule has 3 atom stereocenters. The number of carboxylic acid groups (broad SMARTS) is 1. The number of ether oxygens (including phenoxy) is 2. The van der Waals surface area contributed by atoms with Crippen molar-refractivity contribution < 1.29 is 29.0 Å². The Kier molecular flexibility index (Phi) is 8.28. The van der Waals surface area contributed by atoms with Crippen LogP contribution >= 0.6 is 0 Å². The number of nitrogens with one attached hydrogen (secondary N) is 2. The fraction of sp³-hybridized carbons (Fsp3) is 0.423. The molecule has 8 nitrogen and oxygen atoms in total. The van der Waals surface area contributed by atoms with Gasteiger partial charge in [0.25, 0.3) is 0 Å². The van der Waals surface area contributed by atoms with E-state index in [1.807, 2.05) is 50.2 Å². The number of fused-ring (bicyclic) bond motifs is 3. The van der Waals surface area contributed by atoms with E-state index in [2.05, 4.69) is 22.8 Å². The molecule has 0 heterocycles. The van der Waals surface area contributed by atoms with Crippen LogP contribution < -0.4 is 10.6 Å². The first kappa shape index (κ1) is 25.2. The summed E-state index contributed by atoms with van der Waals surface area (Å²) in [4.78, 5) is 36.8. The summed E-state index contributed by atoms with van der Waals surface area (Å²) in [6.07, 6.45) is -1.62. The molecule has 182 valence electrons. The van der Waals surface area contributed by atoms with Gasteiger partial charge in [0.2, 0.25) is 5.91 Å². The zero-order chi connectivity index (χ0) is 24.8. The minimum Gasteiger partial charge on any atom is -0.481 e. The minimum absolute atomic E-state index is 0.104. The lowest BCUT2D eigenvalue weighted by Crippen LogP contribution is -2.56. The van der Waals surface area contributed by atoms with Crippen molar-refractivity contribution in [2.75, 3.05) is 13.7 Å². The molecule has 34 heavy (non-hydrogen) atoms. The third-order valence-electron chi connectivity index (χ3n) is 6.27. The Hall–Kier alpha value is -3.39. The third-order valence-corrected chi connectivity index (χ3v) is 6.27. The number of alkyl carbamates (subject to hydrolysis) is 1. The van der Waals surface area contributed by atoms with Crippen LogP contribution in [0.1, 0.15) is 44.2 Å². The minimum atomic E-state index is -1.05. The normalized spacial score (nSPS) is 15.1. The van der Waals surface area contributed by atoms with Crippen LogP contribution in [-0.4, -0.2) is 55.0 Å². The van der Waals surface area contributed by atoms with Gasteiger partial charge in [0.05, 0.1) is 12.5 Å². The number of carbonyl (C=O) groups is 3. The number of carboxylic acids is 1. The molecule has 1 aliphatic rings. The van der Waals surface area contributed by atoms with Crippen molar-refractivity contribution in [3.8, 4) is 11.1 Å². The Morgan fingerprint density at radius 3 is 2.00 bits per heavy atom. The van der Waals surface area contributed by atoms with Gasteiger partial charge < -0.3 is 25.2 Å². The summed E-state index contributed by atoms with van der Waals surface area (Å²) in [6.45, 7) is 5.40. The number of benzene rings is 2. The van der Waals surface area contributed by atoms with Crippen molar-refractivity contribution in [1.82, 2.24) is 10.6 Å². The van der Waals surface area contributed by atoms with E-state index in [0.29, 0.717) is 0 Å². The maximum atomic E-state index is 12.9. The number of amides is 2. The second kappa shape index (κ2) is 11.2. The van der Waals surface area contributed by atoms with Gasteiger partial charge in [-0.25, -0.2) is 4.79 Å². The van der Waals surface area contributed by atoms with Gasteiger partial charge in [0.15, 0.2) is 0 Å². The number of hydrogen-bond acceptors (Lipinski definition) is 5. The largest absolute Gasteiger partial charge is 0.481 e. The highest BCUT2D eigenvalue weighted by Gasteiger charge is 2.32. The molecule has 0 radical (unpaired) electrons. The van der Waals surface area contributed by atoms with Crippen LogP contribution in [0.25, 0.3) is 11.1 Å².